The van der Waals surface area contributed by atoms with Crippen molar-refractivity contribution in [2.75, 3.05) is 0 Å². The molecule has 0 amide bonds. The van der Waals surface area contributed by atoms with Gasteiger partial charge in [-0.2, -0.15) is 5.26 Å². The van der Waals surface area contributed by atoms with Gasteiger partial charge in [0.15, 0.2) is 17.1 Å². The largest absolute Gasteiger partial charge is 0.505 e. The molecule has 0 fully saturated rings. The molecule has 2 N–H and O–H groups in total. The van der Waals surface area contributed by atoms with Crippen LogP contribution in [-0.2, 0) is 6.54 Å². The monoisotopic (exact) mass is 397 g/mol. The predicted octanol–water partition coefficient (Wildman–Crippen LogP) is 3.39. The molecule has 146 valence electrons. The van der Waals surface area contributed by atoms with Crippen LogP contribution in [0.4, 0.5) is 0 Å². The van der Waals surface area contributed by atoms with Crippen molar-refractivity contribution in [3.63, 3.8) is 0 Å². The third-order valence-corrected chi connectivity index (χ3v) is 4.79. The van der Waals surface area contributed by atoms with Gasteiger partial charge in [-0.1, -0.05) is 60.7 Å². The van der Waals surface area contributed by atoms with Crippen LogP contribution in [0.2, 0.25) is 0 Å². The highest BCUT2D eigenvalue weighted by Gasteiger charge is 2.23. The number of fused-ring (bicyclic) bond motifs is 1. The van der Waals surface area contributed by atoms with Crippen molar-refractivity contribution in [1.82, 2.24) is 9.55 Å². The van der Waals surface area contributed by atoms with Gasteiger partial charge in [0.1, 0.15) is 6.07 Å². The summed E-state index contributed by atoms with van der Waals surface area (Å²) in [7, 11) is 0. The fourth-order valence-electron chi connectivity index (χ4n) is 3.42. The maximum atomic E-state index is 13.4. The van der Waals surface area contributed by atoms with Gasteiger partial charge in [-0.25, -0.2) is 9.78 Å². The number of benzene rings is 2. The third kappa shape index (κ3) is 3.16. The summed E-state index contributed by atoms with van der Waals surface area (Å²) in [5, 5.41) is 29.7. The third-order valence-electron chi connectivity index (χ3n) is 4.79. The minimum Gasteiger partial charge on any atom is -0.505 e. The zero-order chi connectivity index (χ0) is 21.3. The first-order chi connectivity index (χ1) is 14.5. The Morgan fingerprint density at radius 3 is 2.30 bits per heavy atom. The molecule has 4 rings (SSSR count). The van der Waals surface area contributed by atoms with Crippen molar-refractivity contribution in [1.29, 1.82) is 5.26 Å². The van der Waals surface area contributed by atoms with Crippen LogP contribution in [0.3, 0.4) is 0 Å². The van der Waals surface area contributed by atoms with Crippen LogP contribution in [0.5, 0.6) is 5.75 Å². The van der Waals surface area contributed by atoms with Gasteiger partial charge in [0.05, 0.1) is 12.1 Å². The number of nitrogens with zero attached hydrogens (tertiary/aromatic N) is 3. The van der Waals surface area contributed by atoms with Gasteiger partial charge in [0.25, 0.3) is 5.56 Å². The summed E-state index contributed by atoms with van der Waals surface area (Å²) < 4.78 is 1.35. The molecule has 0 spiro atoms. The number of nitriles is 1. The predicted molar refractivity (Wildman–Crippen MR) is 110 cm³/mol. The van der Waals surface area contributed by atoms with Gasteiger partial charge in [0, 0.05) is 10.9 Å². The number of pyridine rings is 2. The second-order valence-electron chi connectivity index (χ2n) is 6.64. The molecule has 0 bridgehead atoms. The van der Waals surface area contributed by atoms with E-state index in [9.17, 15) is 25.1 Å². The van der Waals surface area contributed by atoms with Crippen LogP contribution in [0.15, 0.2) is 71.5 Å². The number of carboxylic acid groups (broad SMARTS) is 1. The number of hydrogen-bond donors (Lipinski definition) is 2. The average molecular weight is 397 g/mol. The highest BCUT2D eigenvalue weighted by molar-refractivity contribution is 6.00. The normalized spacial score (nSPS) is 10.6. The fraction of sp³-hybridized carbons (Fsp3) is 0.0435. The van der Waals surface area contributed by atoms with E-state index in [2.05, 4.69) is 4.98 Å². The smallest absolute Gasteiger partial charge is 0.358 e. The van der Waals surface area contributed by atoms with E-state index in [1.165, 1.54) is 10.6 Å². The number of aromatic hydroxyl groups is 1. The Morgan fingerprint density at radius 2 is 1.70 bits per heavy atom. The molecule has 30 heavy (non-hydrogen) atoms. The highest BCUT2D eigenvalue weighted by atomic mass is 16.4. The summed E-state index contributed by atoms with van der Waals surface area (Å²) >= 11 is 0. The molecule has 7 nitrogen and oxygen atoms in total. The topological polar surface area (TPSA) is 116 Å². The minimum absolute atomic E-state index is 0.0772. The van der Waals surface area contributed by atoms with Crippen LogP contribution in [-0.4, -0.2) is 25.7 Å². The summed E-state index contributed by atoms with van der Waals surface area (Å²) in [6.45, 7) is 0.124. The van der Waals surface area contributed by atoms with Gasteiger partial charge >= 0.3 is 5.97 Å². The molecule has 0 unspecified atom stereocenters. The molecule has 0 saturated carbocycles. The Hall–Kier alpha value is -4.44. The molecule has 2 heterocycles. The Balaban J connectivity index is 2.14. The van der Waals surface area contributed by atoms with Crippen LogP contribution in [0.1, 0.15) is 21.7 Å². The van der Waals surface area contributed by atoms with Crippen LogP contribution >= 0.6 is 0 Å². The van der Waals surface area contributed by atoms with E-state index in [-0.39, 0.29) is 34.3 Å². The van der Waals surface area contributed by atoms with Crippen molar-refractivity contribution < 1.29 is 15.0 Å². The first-order valence-electron chi connectivity index (χ1n) is 9.04. The Labute approximate surface area is 170 Å². The molecule has 0 saturated heterocycles. The number of hydrogen-bond acceptors (Lipinski definition) is 5. The van der Waals surface area contributed by atoms with E-state index < -0.39 is 17.4 Å². The van der Waals surface area contributed by atoms with E-state index in [4.69, 9.17) is 0 Å². The Bertz CT molecular complexity index is 1370. The lowest BCUT2D eigenvalue weighted by Gasteiger charge is -2.16. The summed E-state index contributed by atoms with van der Waals surface area (Å²) in [5.74, 6) is -2.05. The Morgan fingerprint density at radius 1 is 1.07 bits per heavy atom. The van der Waals surface area contributed by atoms with E-state index >= 15 is 0 Å². The average Bonchev–Trinajstić information content (AvgIpc) is 2.77. The van der Waals surface area contributed by atoms with Gasteiger partial charge < -0.3 is 14.8 Å². The molecule has 4 aromatic rings. The Kier molecular flexibility index (Phi) is 4.74. The van der Waals surface area contributed by atoms with Crippen LogP contribution < -0.4 is 5.56 Å². The summed E-state index contributed by atoms with van der Waals surface area (Å²) in [5.41, 5.74) is 0.526. The maximum Gasteiger partial charge on any atom is 0.358 e. The molecule has 2 aromatic heterocycles. The van der Waals surface area contributed by atoms with E-state index in [1.807, 2.05) is 42.5 Å². The summed E-state index contributed by atoms with van der Waals surface area (Å²) in [6, 6.07) is 21.3. The highest BCUT2D eigenvalue weighted by Crippen LogP contribution is 2.32. The summed E-state index contributed by atoms with van der Waals surface area (Å²) in [4.78, 5) is 28.7. The van der Waals surface area contributed by atoms with Crippen molar-refractivity contribution in [3.05, 3.63) is 94.0 Å². The fourth-order valence-corrected chi connectivity index (χ4v) is 3.42. The molecule has 7 heteroatoms. The zero-order valence-corrected chi connectivity index (χ0v) is 15.6. The molecule has 0 radical (unpaired) electrons. The van der Waals surface area contributed by atoms with Crippen molar-refractivity contribution >= 4 is 16.9 Å². The van der Waals surface area contributed by atoms with Gasteiger partial charge in [-0.05, 0) is 17.2 Å². The lowest BCUT2D eigenvalue weighted by molar-refractivity contribution is 0.0687. The molecule has 0 atom stereocenters. The zero-order valence-electron chi connectivity index (χ0n) is 15.6. The van der Waals surface area contributed by atoms with Crippen molar-refractivity contribution in [3.8, 4) is 22.9 Å². The van der Waals surface area contributed by atoms with Crippen LogP contribution in [0, 0.1) is 11.3 Å². The van der Waals surface area contributed by atoms with Gasteiger partial charge in [-0.3, -0.25) is 4.79 Å². The van der Waals surface area contributed by atoms with Gasteiger partial charge in [0.2, 0.25) is 0 Å². The number of carbonyl (C=O) groups is 1. The van der Waals surface area contributed by atoms with Gasteiger partial charge in [-0.15, -0.1) is 0 Å². The molecular formula is C23H15N3O4. The lowest BCUT2D eigenvalue weighted by Crippen LogP contribution is -2.24. The first kappa shape index (κ1) is 18.9. The number of carboxylic acids is 1. The SMILES string of the molecule is N#Cc1nc(C(=O)O)c(O)c2cc(-c3ccccc3)c(=O)n(Cc3ccccc3)c12. The standard InChI is InChI=1S/C23H15N3O4/c24-12-18-20-17(21(27)19(25-18)23(29)30)11-16(15-9-5-2-6-10-15)22(28)26(20)13-14-7-3-1-4-8-14/h1-11,27H,13H2,(H,29,30). The van der Waals surface area contributed by atoms with Crippen molar-refractivity contribution in [2.24, 2.45) is 0 Å². The van der Waals surface area contributed by atoms with Crippen molar-refractivity contribution in [2.45, 2.75) is 6.54 Å². The minimum atomic E-state index is -1.46. The second-order valence-corrected chi connectivity index (χ2v) is 6.64. The van der Waals surface area contributed by atoms with Crippen LogP contribution in [0.25, 0.3) is 22.0 Å². The lowest BCUT2D eigenvalue weighted by atomic mass is 10.0. The first-order valence-corrected chi connectivity index (χ1v) is 9.04. The quantitative estimate of drug-likeness (QED) is 0.545. The summed E-state index contributed by atoms with van der Waals surface area (Å²) in [6.07, 6.45) is 0. The number of rotatable bonds is 4. The molecule has 2 aromatic carbocycles. The maximum absolute atomic E-state index is 13.4. The van der Waals surface area contributed by atoms with E-state index in [0.717, 1.165) is 5.56 Å². The van der Waals surface area contributed by atoms with E-state index in [0.29, 0.717) is 5.56 Å². The molecule has 0 aliphatic heterocycles. The molecule has 0 aliphatic carbocycles. The second kappa shape index (κ2) is 7.53. The molecule has 0 aliphatic rings. The number of aromatic carboxylic acids is 1. The van der Waals surface area contributed by atoms with E-state index in [1.54, 1.807) is 24.3 Å². The molecular weight excluding hydrogens is 382 g/mol. The number of aromatic nitrogens is 2.